The van der Waals surface area contributed by atoms with Gasteiger partial charge in [0.2, 0.25) is 11.6 Å². The standard InChI is InChI=1S/C26H34O3/c1-15-9-17(3)23(18(4)10-15)25(13-21(7)27-25)29-26(14-22(8)28-26)24-19(5)11-16(2)12-20(24)6/h9-12,21-22H,13-14H2,1-8H3. The summed E-state index contributed by atoms with van der Waals surface area (Å²) in [5.74, 6) is -1.52. The van der Waals surface area contributed by atoms with Crippen LogP contribution in [0.2, 0.25) is 0 Å². The largest absolute Gasteiger partial charge is 0.342 e. The lowest BCUT2D eigenvalue weighted by atomic mass is 9.83. The molecule has 3 heteroatoms. The van der Waals surface area contributed by atoms with Crippen molar-refractivity contribution in [2.45, 2.75) is 92.0 Å². The van der Waals surface area contributed by atoms with E-state index in [0.717, 1.165) is 24.0 Å². The van der Waals surface area contributed by atoms with E-state index in [9.17, 15) is 0 Å². The van der Waals surface area contributed by atoms with Gasteiger partial charge in [0.1, 0.15) is 0 Å². The Morgan fingerprint density at radius 3 is 1.17 bits per heavy atom. The summed E-state index contributed by atoms with van der Waals surface area (Å²) < 4.78 is 19.8. The Morgan fingerprint density at radius 2 is 0.931 bits per heavy atom. The molecule has 4 atom stereocenters. The van der Waals surface area contributed by atoms with E-state index >= 15 is 0 Å². The molecule has 2 aromatic rings. The zero-order chi connectivity index (χ0) is 21.1. The Bertz CT molecular complexity index is 823. The highest BCUT2D eigenvalue weighted by Crippen LogP contribution is 2.55. The minimum Gasteiger partial charge on any atom is -0.342 e. The summed E-state index contributed by atoms with van der Waals surface area (Å²) in [6.07, 6.45) is 2.01. The minimum atomic E-state index is -0.759. The van der Waals surface area contributed by atoms with Gasteiger partial charge >= 0.3 is 0 Å². The fourth-order valence-electron chi connectivity index (χ4n) is 5.77. The quantitative estimate of drug-likeness (QED) is 0.620. The number of hydrogen-bond acceptors (Lipinski definition) is 3. The summed E-state index contributed by atoms with van der Waals surface area (Å²) >= 11 is 0. The van der Waals surface area contributed by atoms with E-state index in [4.69, 9.17) is 14.2 Å². The summed E-state index contributed by atoms with van der Waals surface area (Å²) in [5, 5.41) is 0. The van der Waals surface area contributed by atoms with Gasteiger partial charge in [0.05, 0.1) is 12.2 Å². The maximum Gasteiger partial charge on any atom is 0.201 e. The molecular weight excluding hydrogens is 360 g/mol. The first-order valence-corrected chi connectivity index (χ1v) is 10.8. The highest BCUT2D eigenvalue weighted by atomic mass is 16.8. The van der Waals surface area contributed by atoms with Gasteiger partial charge in [-0.1, -0.05) is 35.4 Å². The van der Waals surface area contributed by atoms with Crippen molar-refractivity contribution in [3.8, 4) is 0 Å². The second kappa shape index (κ2) is 6.94. The van der Waals surface area contributed by atoms with E-state index in [1.165, 1.54) is 33.4 Å². The molecule has 0 amide bonds. The first-order valence-electron chi connectivity index (χ1n) is 10.8. The third-order valence-corrected chi connectivity index (χ3v) is 6.34. The van der Waals surface area contributed by atoms with Crippen LogP contribution in [0.25, 0.3) is 0 Å². The van der Waals surface area contributed by atoms with Crippen LogP contribution in [0.5, 0.6) is 0 Å². The second-order valence-corrected chi connectivity index (χ2v) is 9.42. The van der Waals surface area contributed by atoms with Crippen molar-refractivity contribution in [2.75, 3.05) is 0 Å². The molecule has 4 unspecified atom stereocenters. The van der Waals surface area contributed by atoms with Crippen molar-refractivity contribution in [2.24, 2.45) is 0 Å². The van der Waals surface area contributed by atoms with E-state index in [2.05, 4.69) is 79.7 Å². The van der Waals surface area contributed by atoms with E-state index in [-0.39, 0.29) is 12.2 Å². The lowest BCUT2D eigenvalue weighted by molar-refractivity contribution is -0.470. The molecule has 2 saturated heterocycles. The number of hydrogen-bond donors (Lipinski definition) is 0. The topological polar surface area (TPSA) is 27.7 Å². The summed E-state index contributed by atoms with van der Waals surface area (Å²) in [6, 6.07) is 8.89. The highest BCUT2D eigenvalue weighted by molar-refractivity contribution is 5.44. The Hall–Kier alpha value is -1.68. The number of aryl methyl sites for hydroxylation is 6. The van der Waals surface area contributed by atoms with Gasteiger partial charge in [-0.05, 0) is 77.6 Å². The summed E-state index contributed by atoms with van der Waals surface area (Å²) in [4.78, 5) is 0. The summed E-state index contributed by atoms with van der Waals surface area (Å²) in [6.45, 7) is 17.1. The fourth-order valence-corrected chi connectivity index (χ4v) is 5.77. The van der Waals surface area contributed by atoms with E-state index < -0.39 is 11.6 Å². The van der Waals surface area contributed by atoms with Crippen LogP contribution in [-0.2, 0) is 25.8 Å². The van der Waals surface area contributed by atoms with Gasteiger partial charge in [-0.15, -0.1) is 0 Å². The Morgan fingerprint density at radius 1 is 0.655 bits per heavy atom. The molecule has 2 aliphatic heterocycles. The summed E-state index contributed by atoms with van der Waals surface area (Å²) in [5.41, 5.74) is 9.71. The molecule has 0 N–H and O–H groups in total. The molecule has 0 spiro atoms. The van der Waals surface area contributed by atoms with Crippen LogP contribution in [-0.4, -0.2) is 12.2 Å². The number of rotatable bonds is 4. The van der Waals surface area contributed by atoms with Crippen LogP contribution in [0.15, 0.2) is 24.3 Å². The fraction of sp³-hybridized carbons (Fsp3) is 0.538. The van der Waals surface area contributed by atoms with Crippen molar-refractivity contribution in [1.82, 2.24) is 0 Å². The average molecular weight is 395 g/mol. The zero-order valence-electron chi connectivity index (χ0n) is 19.1. The van der Waals surface area contributed by atoms with Crippen molar-refractivity contribution < 1.29 is 14.2 Å². The molecule has 29 heavy (non-hydrogen) atoms. The van der Waals surface area contributed by atoms with Crippen LogP contribution < -0.4 is 0 Å². The van der Waals surface area contributed by atoms with Crippen LogP contribution in [0.4, 0.5) is 0 Å². The Kier molecular flexibility index (Phi) is 4.92. The van der Waals surface area contributed by atoms with Gasteiger partial charge in [-0.3, -0.25) is 0 Å². The van der Waals surface area contributed by atoms with Gasteiger partial charge in [0, 0.05) is 24.0 Å². The van der Waals surface area contributed by atoms with Crippen LogP contribution in [0, 0.1) is 41.5 Å². The molecule has 2 fully saturated rings. The predicted molar refractivity (Wildman–Crippen MR) is 116 cm³/mol. The molecule has 0 aliphatic carbocycles. The average Bonchev–Trinajstić information content (AvgIpc) is 2.49. The van der Waals surface area contributed by atoms with Crippen molar-refractivity contribution in [3.63, 3.8) is 0 Å². The molecule has 0 radical (unpaired) electrons. The second-order valence-electron chi connectivity index (χ2n) is 9.42. The van der Waals surface area contributed by atoms with Gasteiger partial charge in [0.15, 0.2) is 0 Å². The first kappa shape index (κ1) is 20.6. The number of benzene rings is 2. The monoisotopic (exact) mass is 394 g/mol. The lowest BCUT2D eigenvalue weighted by Gasteiger charge is -2.56. The summed E-state index contributed by atoms with van der Waals surface area (Å²) in [7, 11) is 0. The van der Waals surface area contributed by atoms with Gasteiger partial charge in [0.25, 0.3) is 0 Å². The third kappa shape index (κ3) is 3.34. The smallest absolute Gasteiger partial charge is 0.201 e. The molecular formula is C26H34O3. The zero-order valence-corrected chi connectivity index (χ0v) is 19.1. The third-order valence-electron chi connectivity index (χ3n) is 6.34. The lowest BCUT2D eigenvalue weighted by Crippen LogP contribution is -2.59. The van der Waals surface area contributed by atoms with E-state index in [1.54, 1.807) is 0 Å². The highest BCUT2D eigenvalue weighted by Gasteiger charge is 2.58. The van der Waals surface area contributed by atoms with Crippen molar-refractivity contribution in [1.29, 1.82) is 0 Å². The molecule has 0 bridgehead atoms. The van der Waals surface area contributed by atoms with Gasteiger partial charge < -0.3 is 14.2 Å². The molecule has 156 valence electrons. The maximum atomic E-state index is 6.97. The van der Waals surface area contributed by atoms with E-state index in [1.807, 2.05) is 0 Å². The molecule has 2 aliphatic rings. The van der Waals surface area contributed by atoms with Gasteiger partial charge in [-0.2, -0.15) is 0 Å². The minimum absolute atomic E-state index is 0.171. The van der Waals surface area contributed by atoms with Crippen LogP contribution in [0.1, 0.15) is 71.2 Å². The number of ether oxygens (including phenoxy) is 3. The maximum absolute atomic E-state index is 6.97. The van der Waals surface area contributed by atoms with Gasteiger partial charge in [-0.25, -0.2) is 0 Å². The first-order chi connectivity index (χ1) is 13.5. The molecule has 2 heterocycles. The van der Waals surface area contributed by atoms with Crippen LogP contribution >= 0.6 is 0 Å². The van der Waals surface area contributed by atoms with Crippen molar-refractivity contribution >= 4 is 0 Å². The van der Waals surface area contributed by atoms with Crippen LogP contribution in [0.3, 0.4) is 0 Å². The Labute approximate surface area is 175 Å². The molecule has 4 rings (SSSR count). The molecule has 0 saturated carbocycles. The molecule has 2 aromatic carbocycles. The molecule has 3 nitrogen and oxygen atoms in total. The Balaban J connectivity index is 1.82. The predicted octanol–water partition coefficient (Wildman–Crippen LogP) is 6.18. The SMILES string of the molecule is Cc1cc(C)c(C2(OC3(c4c(C)cc(C)cc4C)CC(C)O3)CC(C)O2)c(C)c1. The molecule has 0 aromatic heterocycles. The normalized spacial score (nSPS) is 31.3. The van der Waals surface area contributed by atoms with E-state index in [0.29, 0.717) is 0 Å². The van der Waals surface area contributed by atoms with Crippen molar-refractivity contribution in [3.05, 3.63) is 68.8 Å².